The molecule has 0 saturated carbocycles. The van der Waals surface area contributed by atoms with Crippen molar-refractivity contribution in [2.45, 2.75) is 6.42 Å². The van der Waals surface area contributed by atoms with Crippen LogP contribution in [0.1, 0.15) is 20.9 Å². The van der Waals surface area contributed by atoms with Gasteiger partial charge in [0.25, 0.3) is 5.91 Å². The molecular formula is C19H17N5O4S. The van der Waals surface area contributed by atoms with E-state index in [0.717, 1.165) is 16.9 Å². The minimum Gasteiger partial charge on any atom is -0.508 e. The minimum atomic E-state index is -0.371. The highest BCUT2D eigenvalue weighted by atomic mass is 32.1. The van der Waals surface area contributed by atoms with Crippen molar-refractivity contribution in [2.24, 2.45) is 5.10 Å². The number of carbonyl (C=O) groups is 2. The molecule has 3 aromatic rings. The third-order valence-electron chi connectivity index (χ3n) is 3.65. The maximum atomic E-state index is 12.2. The average Bonchev–Trinajstić information content (AvgIpc) is 3.16. The van der Waals surface area contributed by atoms with Gasteiger partial charge in [0, 0.05) is 5.56 Å². The number of anilines is 1. The van der Waals surface area contributed by atoms with Gasteiger partial charge >= 0.3 is 0 Å². The lowest BCUT2D eigenvalue weighted by atomic mass is 10.2. The number of aromatic nitrogens is 2. The number of phenols is 1. The van der Waals surface area contributed by atoms with Gasteiger partial charge < -0.3 is 9.84 Å². The second-order valence-corrected chi connectivity index (χ2v) is 6.81. The Bertz CT molecular complexity index is 1020. The van der Waals surface area contributed by atoms with Gasteiger partial charge in [-0.2, -0.15) is 5.10 Å². The molecule has 0 bridgehead atoms. The van der Waals surface area contributed by atoms with E-state index in [9.17, 15) is 14.7 Å². The topological polar surface area (TPSA) is 126 Å². The molecule has 0 aliphatic heterocycles. The van der Waals surface area contributed by atoms with Crippen LogP contribution in [0.15, 0.2) is 53.6 Å². The second-order valence-electron chi connectivity index (χ2n) is 5.75. The zero-order valence-electron chi connectivity index (χ0n) is 15.3. The first-order chi connectivity index (χ1) is 14.0. The molecule has 1 aromatic heterocycles. The molecule has 2 amide bonds. The predicted molar refractivity (Wildman–Crippen MR) is 108 cm³/mol. The summed E-state index contributed by atoms with van der Waals surface area (Å²) in [6.07, 6.45) is 1.43. The molecule has 0 saturated heterocycles. The van der Waals surface area contributed by atoms with Gasteiger partial charge in [-0.1, -0.05) is 11.3 Å². The lowest BCUT2D eigenvalue weighted by Gasteiger charge is -2.02. The number of aromatic hydroxyl groups is 1. The van der Waals surface area contributed by atoms with Crippen LogP contribution in [-0.2, 0) is 11.2 Å². The third kappa shape index (κ3) is 5.84. The van der Waals surface area contributed by atoms with Crippen LogP contribution >= 0.6 is 11.3 Å². The first-order valence-corrected chi connectivity index (χ1v) is 9.24. The van der Waals surface area contributed by atoms with Gasteiger partial charge in [0.15, 0.2) is 0 Å². The van der Waals surface area contributed by atoms with E-state index in [0.29, 0.717) is 21.5 Å². The van der Waals surface area contributed by atoms with E-state index in [1.807, 2.05) is 0 Å². The molecule has 0 aliphatic carbocycles. The smallest absolute Gasteiger partial charge is 0.257 e. The lowest BCUT2D eigenvalue weighted by Crippen LogP contribution is -2.19. The molecule has 0 fully saturated rings. The zero-order valence-corrected chi connectivity index (χ0v) is 16.1. The summed E-state index contributed by atoms with van der Waals surface area (Å²) in [5.41, 5.74) is 3.56. The number of nitrogens with one attached hydrogen (secondary N) is 2. The van der Waals surface area contributed by atoms with Crippen molar-refractivity contribution >= 4 is 34.5 Å². The molecule has 29 heavy (non-hydrogen) atoms. The Labute approximate surface area is 170 Å². The van der Waals surface area contributed by atoms with Crippen molar-refractivity contribution in [3.05, 3.63) is 64.7 Å². The van der Waals surface area contributed by atoms with E-state index >= 15 is 0 Å². The number of rotatable bonds is 7. The Morgan fingerprint density at radius 2 is 1.86 bits per heavy atom. The van der Waals surface area contributed by atoms with Crippen molar-refractivity contribution in [2.75, 3.05) is 12.4 Å². The highest BCUT2D eigenvalue weighted by molar-refractivity contribution is 7.15. The summed E-state index contributed by atoms with van der Waals surface area (Å²) in [6.45, 7) is 0. The summed E-state index contributed by atoms with van der Waals surface area (Å²) in [7, 11) is 1.55. The fourth-order valence-corrected chi connectivity index (χ4v) is 2.94. The number of benzene rings is 2. The Hall–Kier alpha value is -3.79. The fourth-order valence-electron chi connectivity index (χ4n) is 2.20. The minimum absolute atomic E-state index is 0.0248. The fraction of sp³-hybridized carbons (Fsp3) is 0.105. The van der Waals surface area contributed by atoms with Gasteiger partial charge in [0.05, 0.1) is 19.7 Å². The summed E-state index contributed by atoms with van der Waals surface area (Å²) >= 11 is 1.10. The summed E-state index contributed by atoms with van der Waals surface area (Å²) < 4.78 is 5.06. The molecule has 0 radical (unpaired) electrons. The maximum Gasteiger partial charge on any atom is 0.257 e. The number of hydrogen-bond donors (Lipinski definition) is 3. The van der Waals surface area contributed by atoms with Gasteiger partial charge in [-0.3, -0.25) is 14.9 Å². The molecule has 3 rings (SSSR count). The van der Waals surface area contributed by atoms with Gasteiger partial charge in [0.2, 0.25) is 11.0 Å². The molecule has 0 aliphatic rings. The van der Waals surface area contributed by atoms with Gasteiger partial charge in [-0.05, 0) is 54.1 Å². The van der Waals surface area contributed by atoms with Crippen molar-refractivity contribution in [3.63, 3.8) is 0 Å². The van der Waals surface area contributed by atoms with E-state index in [1.54, 1.807) is 43.5 Å². The van der Waals surface area contributed by atoms with Crippen LogP contribution in [-0.4, -0.2) is 40.4 Å². The van der Waals surface area contributed by atoms with Gasteiger partial charge in [-0.15, -0.1) is 10.2 Å². The highest BCUT2D eigenvalue weighted by Gasteiger charge is 2.12. The maximum absolute atomic E-state index is 12.2. The SMILES string of the molecule is COc1ccc(C(=O)Nc2nnc(CC(=O)NN=Cc3ccc(O)cc3)s2)cc1. The van der Waals surface area contributed by atoms with Crippen LogP contribution in [0.2, 0.25) is 0 Å². The van der Waals surface area contributed by atoms with Crippen molar-refractivity contribution in [3.8, 4) is 11.5 Å². The Balaban J connectivity index is 1.50. The molecule has 0 unspecified atom stereocenters. The lowest BCUT2D eigenvalue weighted by molar-refractivity contribution is -0.120. The molecule has 2 aromatic carbocycles. The summed E-state index contributed by atoms with van der Waals surface area (Å²) in [5.74, 6) is 0.0960. The Morgan fingerprint density at radius 3 is 2.55 bits per heavy atom. The number of carbonyl (C=O) groups excluding carboxylic acids is 2. The summed E-state index contributed by atoms with van der Waals surface area (Å²) in [6, 6.07) is 13.0. The van der Waals surface area contributed by atoms with E-state index < -0.39 is 0 Å². The molecule has 9 nitrogen and oxygen atoms in total. The molecule has 10 heteroatoms. The largest absolute Gasteiger partial charge is 0.508 e. The number of nitrogens with zero attached hydrogens (tertiary/aromatic N) is 3. The van der Waals surface area contributed by atoms with Gasteiger partial charge in [-0.25, -0.2) is 5.43 Å². The van der Waals surface area contributed by atoms with E-state index in [4.69, 9.17) is 4.74 Å². The van der Waals surface area contributed by atoms with Crippen LogP contribution < -0.4 is 15.5 Å². The molecule has 1 heterocycles. The van der Waals surface area contributed by atoms with Crippen molar-refractivity contribution < 1.29 is 19.4 Å². The van der Waals surface area contributed by atoms with Crippen LogP contribution in [0, 0.1) is 0 Å². The Kier molecular flexibility index (Phi) is 6.48. The molecule has 148 valence electrons. The van der Waals surface area contributed by atoms with Crippen LogP contribution in [0.25, 0.3) is 0 Å². The molecule has 3 N–H and O–H groups in total. The summed E-state index contributed by atoms with van der Waals surface area (Å²) in [5, 5.41) is 24.2. The molecular weight excluding hydrogens is 394 g/mol. The normalized spacial score (nSPS) is 10.7. The first kappa shape index (κ1) is 20.0. The Morgan fingerprint density at radius 1 is 1.14 bits per heavy atom. The van der Waals surface area contributed by atoms with E-state index in [1.165, 1.54) is 18.3 Å². The van der Waals surface area contributed by atoms with Crippen molar-refractivity contribution in [1.29, 1.82) is 0 Å². The zero-order chi connectivity index (χ0) is 20.6. The number of ether oxygens (including phenoxy) is 1. The van der Waals surface area contributed by atoms with E-state index in [2.05, 4.69) is 26.0 Å². The third-order valence-corrected chi connectivity index (χ3v) is 4.49. The number of phenolic OH excluding ortho intramolecular Hbond substituents is 1. The van der Waals surface area contributed by atoms with Crippen LogP contribution in [0.4, 0.5) is 5.13 Å². The second kappa shape index (κ2) is 9.42. The van der Waals surface area contributed by atoms with Crippen molar-refractivity contribution in [1.82, 2.24) is 15.6 Å². The average molecular weight is 411 g/mol. The molecule has 0 spiro atoms. The summed E-state index contributed by atoms with van der Waals surface area (Å²) in [4.78, 5) is 24.2. The van der Waals surface area contributed by atoms with E-state index in [-0.39, 0.29) is 24.0 Å². The van der Waals surface area contributed by atoms with Crippen LogP contribution in [0.3, 0.4) is 0 Å². The molecule has 0 atom stereocenters. The van der Waals surface area contributed by atoms with Crippen LogP contribution in [0.5, 0.6) is 11.5 Å². The highest BCUT2D eigenvalue weighted by Crippen LogP contribution is 2.18. The monoisotopic (exact) mass is 411 g/mol. The first-order valence-electron chi connectivity index (χ1n) is 8.42. The number of hydrogen-bond acceptors (Lipinski definition) is 8. The predicted octanol–water partition coefficient (Wildman–Crippen LogP) is 2.20. The quantitative estimate of drug-likeness (QED) is 0.404. The number of hydrazone groups is 1. The standard InChI is InChI=1S/C19H17N5O4S/c1-28-15-8-4-13(5-9-15)18(27)21-19-24-23-17(29-19)10-16(26)22-20-11-12-2-6-14(25)7-3-12/h2-9,11,25H,10H2,1H3,(H,22,26)(H,21,24,27). The number of methoxy groups -OCH3 is 1. The number of amides is 2. The van der Waals surface area contributed by atoms with Gasteiger partial charge in [0.1, 0.15) is 16.5 Å².